The highest BCUT2D eigenvalue weighted by molar-refractivity contribution is 5.97. The lowest BCUT2D eigenvalue weighted by Crippen LogP contribution is -2.10. The van der Waals surface area contributed by atoms with Gasteiger partial charge >= 0.3 is 0 Å². The number of nitro benzene ring substituents is 1. The summed E-state index contributed by atoms with van der Waals surface area (Å²) >= 11 is 0. The van der Waals surface area contributed by atoms with E-state index < -0.39 is 10.7 Å². The van der Waals surface area contributed by atoms with Crippen LogP contribution in [0.3, 0.4) is 0 Å². The van der Waals surface area contributed by atoms with Gasteiger partial charge in [-0.15, -0.1) is 0 Å². The number of fused-ring (bicyclic) bond motifs is 1. The summed E-state index contributed by atoms with van der Waals surface area (Å²) in [5, 5.41) is 14.2. The zero-order valence-electron chi connectivity index (χ0n) is 10.7. The summed E-state index contributed by atoms with van der Waals surface area (Å²) in [5.41, 5.74) is 0.237. The molecule has 19 heavy (non-hydrogen) atoms. The van der Waals surface area contributed by atoms with Gasteiger partial charge in [0.05, 0.1) is 22.1 Å². The van der Waals surface area contributed by atoms with E-state index >= 15 is 0 Å². The van der Waals surface area contributed by atoms with E-state index in [0.29, 0.717) is 17.8 Å². The van der Waals surface area contributed by atoms with Crippen molar-refractivity contribution in [2.75, 3.05) is 11.9 Å². The number of hydrogen-bond donors (Lipinski definition) is 1. The Labute approximate surface area is 109 Å². The molecule has 0 saturated carbocycles. The Balaban J connectivity index is 2.61. The quantitative estimate of drug-likeness (QED) is 0.678. The molecule has 5 nitrogen and oxygen atoms in total. The van der Waals surface area contributed by atoms with Crippen LogP contribution in [0, 0.1) is 21.8 Å². The molecule has 1 heterocycles. The second-order valence-corrected chi connectivity index (χ2v) is 4.68. The molecule has 1 N–H and O–H groups in total. The van der Waals surface area contributed by atoms with E-state index in [1.165, 1.54) is 6.20 Å². The van der Waals surface area contributed by atoms with Gasteiger partial charge in [-0.1, -0.05) is 13.8 Å². The van der Waals surface area contributed by atoms with Crippen molar-refractivity contribution >= 4 is 22.3 Å². The van der Waals surface area contributed by atoms with E-state index in [-0.39, 0.29) is 16.9 Å². The number of halogens is 1. The molecule has 0 spiro atoms. The molecule has 1 aromatic carbocycles. The summed E-state index contributed by atoms with van der Waals surface area (Å²) in [7, 11) is 0. The first kappa shape index (κ1) is 13.2. The number of hydrogen-bond acceptors (Lipinski definition) is 4. The predicted molar refractivity (Wildman–Crippen MR) is 71.7 cm³/mol. The number of benzene rings is 1. The number of non-ortho nitro benzene ring substituents is 1. The second-order valence-electron chi connectivity index (χ2n) is 4.68. The molecule has 0 amide bonds. The third-order valence-corrected chi connectivity index (χ3v) is 2.71. The largest absolute Gasteiger partial charge is 0.381 e. The fraction of sp³-hybridized carbons (Fsp3) is 0.308. The van der Waals surface area contributed by atoms with Crippen molar-refractivity contribution < 1.29 is 9.31 Å². The maximum absolute atomic E-state index is 14.0. The number of aromatic nitrogens is 1. The maximum Gasteiger partial charge on any atom is 0.281 e. The van der Waals surface area contributed by atoms with Gasteiger partial charge in [-0.25, -0.2) is 4.39 Å². The van der Waals surface area contributed by atoms with Gasteiger partial charge in [0.25, 0.3) is 5.69 Å². The maximum atomic E-state index is 14.0. The molecular formula is C13H14FN3O2. The van der Waals surface area contributed by atoms with Crippen LogP contribution in [0.2, 0.25) is 0 Å². The third-order valence-electron chi connectivity index (χ3n) is 2.71. The zero-order valence-corrected chi connectivity index (χ0v) is 10.7. The summed E-state index contributed by atoms with van der Waals surface area (Å²) in [6.07, 6.45) is 1.49. The molecule has 0 atom stereocenters. The molecule has 2 aromatic rings. The highest BCUT2D eigenvalue weighted by Gasteiger charge is 2.19. The standard InChI is InChI=1S/C13H14FN3O2/c1-8(2)7-16-13-10(14)6-11(17(18)19)9-4-3-5-15-12(9)13/h3-6,8,16H,7H2,1-2H3. The van der Waals surface area contributed by atoms with Gasteiger partial charge in [0.15, 0.2) is 5.82 Å². The Hall–Kier alpha value is -2.24. The molecule has 0 saturated heterocycles. The SMILES string of the molecule is CC(C)CNc1c(F)cc([N+](=O)[O-])c2cccnc12. The topological polar surface area (TPSA) is 68.1 Å². The monoisotopic (exact) mass is 263 g/mol. The first-order valence-electron chi connectivity index (χ1n) is 5.96. The van der Waals surface area contributed by atoms with Crippen molar-refractivity contribution in [3.8, 4) is 0 Å². The minimum Gasteiger partial charge on any atom is -0.381 e. The van der Waals surface area contributed by atoms with Gasteiger partial charge in [-0.2, -0.15) is 0 Å². The highest BCUT2D eigenvalue weighted by Crippen LogP contribution is 2.32. The molecule has 0 aliphatic heterocycles. The Bertz CT molecular complexity index is 629. The summed E-state index contributed by atoms with van der Waals surface area (Å²) in [5.74, 6) is -0.327. The molecule has 0 aliphatic rings. The molecule has 0 fully saturated rings. The van der Waals surface area contributed by atoms with Gasteiger partial charge in [0.2, 0.25) is 0 Å². The van der Waals surface area contributed by atoms with Crippen molar-refractivity contribution in [2.45, 2.75) is 13.8 Å². The van der Waals surface area contributed by atoms with Crippen LogP contribution in [0.1, 0.15) is 13.8 Å². The summed E-state index contributed by atoms with van der Waals surface area (Å²) in [6, 6.07) is 4.10. The second kappa shape index (κ2) is 5.17. The van der Waals surface area contributed by atoms with Crippen molar-refractivity contribution in [1.29, 1.82) is 0 Å². The molecule has 2 rings (SSSR count). The van der Waals surface area contributed by atoms with Crippen LogP contribution in [-0.2, 0) is 0 Å². The normalized spacial score (nSPS) is 10.9. The van der Waals surface area contributed by atoms with Crippen molar-refractivity contribution in [3.05, 3.63) is 40.3 Å². The smallest absolute Gasteiger partial charge is 0.281 e. The highest BCUT2D eigenvalue weighted by atomic mass is 19.1. The van der Waals surface area contributed by atoms with Crippen molar-refractivity contribution in [3.63, 3.8) is 0 Å². The van der Waals surface area contributed by atoms with Crippen LogP contribution in [-0.4, -0.2) is 16.5 Å². The minimum absolute atomic E-state index is 0.218. The van der Waals surface area contributed by atoms with Gasteiger partial charge in [-0.05, 0) is 18.1 Å². The lowest BCUT2D eigenvalue weighted by atomic mass is 10.1. The first-order chi connectivity index (χ1) is 9.00. The molecule has 1 aromatic heterocycles. The average molecular weight is 263 g/mol. The van der Waals surface area contributed by atoms with E-state index in [9.17, 15) is 14.5 Å². The van der Waals surface area contributed by atoms with Gasteiger partial charge in [-0.3, -0.25) is 15.1 Å². The zero-order chi connectivity index (χ0) is 14.0. The molecule has 0 radical (unpaired) electrons. The van der Waals surface area contributed by atoms with E-state index in [2.05, 4.69) is 10.3 Å². The Morgan fingerprint density at radius 1 is 1.53 bits per heavy atom. The van der Waals surface area contributed by atoms with E-state index in [1.807, 2.05) is 13.8 Å². The number of rotatable bonds is 4. The van der Waals surface area contributed by atoms with Gasteiger partial charge < -0.3 is 5.32 Å². The Kier molecular flexibility index (Phi) is 3.59. The number of pyridine rings is 1. The van der Waals surface area contributed by atoms with Gasteiger partial charge in [0.1, 0.15) is 5.52 Å². The predicted octanol–water partition coefficient (Wildman–Crippen LogP) is 3.35. The number of anilines is 1. The van der Waals surface area contributed by atoms with Crippen molar-refractivity contribution in [2.24, 2.45) is 5.92 Å². The van der Waals surface area contributed by atoms with E-state index in [4.69, 9.17) is 0 Å². The Morgan fingerprint density at radius 3 is 2.89 bits per heavy atom. The molecule has 6 heteroatoms. The molecule has 0 aliphatic carbocycles. The lowest BCUT2D eigenvalue weighted by Gasteiger charge is -2.12. The molecule has 100 valence electrons. The minimum atomic E-state index is -0.654. The number of nitro groups is 1. The first-order valence-corrected chi connectivity index (χ1v) is 5.96. The lowest BCUT2D eigenvalue weighted by molar-refractivity contribution is -0.383. The van der Waals surface area contributed by atoms with Crippen LogP contribution in [0.25, 0.3) is 10.9 Å². The fourth-order valence-corrected chi connectivity index (χ4v) is 1.82. The van der Waals surface area contributed by atoms with Crippen LogP contribution in [0.15, 0.2) is 24.4 Å². The van der Waals surface area contributed by atoms with Crippen LogP contribution in [0.5, 0.6) is 0 Å². The van der Waals surface area contributed by atoms with E-state index in [0.717, 1.165) is 6.07 Å². The Morgan fingerprint density at radius 2 is 2.26 bits per heavy atom. The van der Waals surface area contributed by atoms with Crippen LogP contribution < -0.4 is 5.32 Å². The number of nitrogens with one attached hydrogen (secondary N) is 1. The van der Waals surface area contributed by atoms with Crippen molar-refractivity contribution in [1.82, 2.24) is 4.98 Å². The van der Waals surface area contributed by atoms with Gasteiger partial charge in [0, 0.05) is 12.7 Å². The molecular weight excluding hydrogens is 249 g/mol. The average Bonchev–Trinajstić information content (AvgIpc) is 2.36. The van der Waals surface area contributed by atoms with E-state index in [1.54, 1.807) is 12.1 Å². The fourth-order valence-electron chi connectivity index (χ4n) is 1.82. The summed E-state index contributed by atoms with van der Waals surface area (Å²) in [6.45, 7) is 4.55. The van der Waals surface area contributed by atoms with Crippen LogP contribution in [0.4, 0.5) is 15.8 Å². The molecule has 0 unspecified atom stereocenters. The summed E-state index contributed by atoms with van der Waals surface area (Å²) in [4.78, 5) is 14.4. The number of nitrogens with zero attached hydrogens (tertiary/aromatic N) is 2. The van der Waals surface area contributed by atoms with Crippen LogP contribution >= 0.6 is 0 Å². The molecule has 0 bridgehead atoms. The summed E-state index contributed by atoms with van der Waals surface area (Å²) < 4.78 is 14.0. The third kappa shape index (κ3) is 2.62.